The summed E-state index contributed by atoms with van der Waals surface area (Å²) in [5, 5.41) is 0. The summed E-state index contributed by atoms with van der Waals surface area (Å²) in [6.45, 7) is -1.64. The highest BCUT2D eigenvalue weighted by Gasteiger charge is 2.30. The average Bonchev–Trinajstić information content (AvgIpc) is 2.35. The van der Waals surface area contributed by atoms with Crippen LogP contribution in [0.15, 0.2) is 23.1 Å². The van der Waals surface area contributed by atoms with Gasteiger partial charge in [-0.3, -0.25) is 0 Å². The van der Waals surface area contributed by atoms with Crippen molar-refractivity contribution in [2.75, 3.05) is 20.8 Å². The molecule has 0 saturated heterocycles. The second kappa shape index (κ2) is 5.66. The average molecular weight is 299 g/mol. The van der Waals surface area contributed by atoms with Crippen molar-refractivity contribution < 1.29 is 31.1 Å². The van der Waals surface area contributed by atoms with E-state index in [-0.39, 0.29) is 16.4 Å². The summed E-state index contributed by atoms with van der Waals surface area (Å²) in [5.41, 5.74) is 0. The molecule has 0 unspecified atom stereocenters. The lowest BCUT2D eigenvalue weighted by Crippen LogP contribution is -2.33. The Morgan fingerprint density at radius 2 is 1.74 bits per heavy atom. The summed E-state index contributed by atoms with van der Waals surface area (Å²) in [6.07, 6.45) is -4.62. The molecule has 0 aromatic heterocycles. The first-order chi connectivity index (χ1) is 8.69. The van der Waals surface area contributed by atoms with E-state index < -0.39 is 22.7 Å². The number of benzene rings is 1. The Morgan fingerprint density at radius 1 is 1.16 bits per heavy atom. The fraction of sp³-hybridized carbons (Fsp3) is 0.400. The minimum absolute atomic E-state index is 0.109. The Morgan fingerprint density at radius 3 is 2.21 bits per heavy atom. The fourth-order valence-electron chi connectivity index (χ4n) is 1.24. The summed E-state index contributed by atoms with van der Waals surface area (Å²) in [7, 11) is -1.61. The number of methoxy groups -OCH3 is 2. The summed E-state index contributed by atoms with van der Waals surface area (Å²) in [6, 6.07) is 3.50. The van der Waals surface area contributed by atoms with Crippen LogP contribution in [0, 0.1) is 0 Å². The zero-order valence-electron chi connectivity index (χ0n) is 10.1. The van der Waals surface area contributed by atoms with Crippen LogP contribution in [0.3, 0.4) is 0 Å². The van der Waals surface area contributed by atoms with Crippen LogP contribution >= 0.6 is 0 Å². The van der Waals surface area contributed by atoms with E-state index >= 15 is 0 Å². The molecule has 1 N–H and O–H groups in total. The number of rotatable bonds is 5. The molecule has 0 amide bonds. The van der Waals surface area contributed by atoms with E-state index in [2.05, 4.69) is 0 Å². The first-order valence-electron chi connectivity index (χ1n) is 4.98. The van der Waals surface area contributed by atoms with Gasteiger partial charge in [0.15, 0.2) is 11.5 Å². The molecule has 5 nitrogen and oxygen atoms in total. The van der Waals surface area contributed by atoms with Crippen molar-refractivity contribution in [3.05, 3.63) is 18.2 Å². The van der Waals surface area contributed by atoms with Gasteiger partial charge >= 0.3 is 6.18 Å². The van der Waals surface area contributed by atoms with Gasteiger partial charge in [0.25, 0.3) is 0 Å². The molecule has 0 saturated carbocycles. The molecule has 1 rings (SSSR count). The van der Waals surface area contributed by atoms with Crippen LogP contribution in [0.25, 0.3) is 0 Å². The SMILES string of the molecule is COc1ccc(S(=O)(=O)NCC(F)(F)F)cc1OC. The van der Waals surface area contributed by atoms with Gasteiger partial charge in [0.1, 0.15) is 6.54 Å². The van der Waals surface area contributed by atoms with Crippen LogP contribution < -0.4 is 14.2 Å². The van der Waals surface area contributed by atoms with Gasteiger partial charge in [-0.25, -0.2) is 13.1 Å². The number of alkyl halides is 3. The molecule has 108 valence electrons. The summed E-state index contributed by atoms with van der Waals surface area (Å²) in [5.74, 6) is 0.384. The quantitative estimate of drug-likeness (QED) is 0.896. The van der Waals surface area contributed by atoms with E-state index in [1.165, 1.54) is 25.0 Å². The molecular formula is C10H12F3NO4S. The highest BCUT2D eigenvalue weighted by Crippen LogP contribution is 2.29. The molecular weight excluding hydrogens is 287 g/mol. The van der Waals surface area contributed by atoms with Crippen molar-refractivity contribution in [2.45, 2.75) is 11.1 Å². The standard InChI is InChI=1S/C10H12F3NO4S/c1-17-8-4-3-7(5-9(8)18-2)19(15,16)14-6-10(11,12)13/h3-5,14H,6H2,1-2H3. The smallest absolute Gasteiger partial charge is 0.402 e. The monoisotopic (exact) mass is 299 g/mol. The molecule has 0 spiro atoms. The van der Waals surface area contributed by atoms with Gasteiger partial charge in [0.05, 0.1) is 19.1 Å². The van der Waals surface area contributed by atoms with E-state index in [0.29, 0.717) is 0 Å². The van der Waals surface area contributed by atoms with Crippen molar-refractivity contribution in [2.24, 2.45) is 0 Å². The van der Waals surface area contributed by atoms with E-state index in [1.807, 2.05) is 0 Å². The van der Waals surface area contributed by atoms with Gasteiger partial charge in [0.2, 0.25) is 10.0 Å². The molecule has 0 aliphatic carbocycles. The third-order valence-electron chi connectivity index (χ3n) is 2.13. The number of hydrogen-bond donors (Lipinski definition) is 1. The molecule has 1 aromatic rings. The highest BCUT2D eigenvalue weighted by molar-refractivity contribution is 7.89. The van der Waals surface area contributed by atoms with E-state index in [4.69, 9.17) is 9.47 Å². The maximum atomic E-state index is 12.0. The van der Waals surface area contributed by atoms with E-state index in [9.17, 15) is 21.6 Å². The fourth-order valence-corrected chi connectivity index (χ4v) is 2.27. The van der Waals surface area contributed by atoms with Crippen molar-refractivity contribution >= 4 is 10.0 Å². The first-order valence-corrected chi connectivity index (χ1v) is 6.46. The van der Waals surface area contributed by atoms with Crippen molar-refractivity contribution in [3.8, 4) is 11.5 Å². The zero-order valence-corrected chi connectivity index (χ0v) is 10.9. The summed E-state index contributed by atoms with van der Waals surface area (Å²) in [4.78, 5) is -0.339. The first kappa shape index (κ1) is 15.6. The van der Waals surface area contributed by atoms with Crippen LogP contribution in [0.1, 0.15) is 0 Å². The number of hydrogen-bond acceptors (Lipinski definition) is 4. The Labute approximate surface area is 108 Å². The Bertz CT molecular complexity index is 542. The largest absolute Gasteiger partial charge is 0.493 e. The normalized spacial score (nSPS) is 12.3. The predicted octanol–water partition coefficient (Wildman–Crippen LogP) is 1.54. The predicted molar refractivity (Wildman–Crippen MR) is 60.8 cm³/mol. The Hall–Kier alpha value is -1.48. The second-order valence-electron chi connectivity index (χ2n) is 3.46. The maximum absolute atomic E-state index is 12.0. The van der Waals surface area contributed by atoms with E-state index in [0.717, 1.165) is 12.1 Å². The van der Waals surface area contributed by atoms with Gasteiger partial charge in [-0.2, -0.15) is 13.2 Å². The summed E-state index contributed by atoms with van der Waals surface area (Å²) < 4.78 is 70.5. The summed E-state index contributed by atoms with van der Waals surface area (Å²) >= 11 is 0. The molecule has 0 aliphatic heterocycles. The Balaban J connectivity index is 3.02. The lowest BCUT2D eigenvalue weighted by Gasteiger charge is -2.12. The van der Waals surface area contributed by atoms with Crippen molar-refractivity contribution in [3.63, 3.8) is 0 Å². The lowest BCUT2D eigenvalue weighted by molar-refractivity contribution is -0.121. The molecule has 0 heterocycles. The zero-order chi connectivity index (χ0) is 14.7. The molecule has 19 heavy (non-hydrogen) atoms. The Kier molecular flexibility index (Phi) is 4.64. The second-order valence-corrected chi connectivity index (χ2v) is 5.22. The van der Waals surface area contributed by atoms with E-state index in [1.54, 1.807) is 0 Å². The minimum Gasteiger partial charge on any atom is -0.493 e. The van der Waals surface area contributed by atoms with Gasteiger partial charge in [-0.05, 0) is 12.1 Å². The molecule has 0 radical (unpaired) electrons. The molecule has 0 bridgehead atoms. The van der Waals surface area contributed by atoms with Crippen molar-refractivity contribution in [1.82, 2.24) is 4.72 Å². The third kappa shape index (κ3) is 4.28. The topological polar surface area (TPSA) is 64.6 Å². The van der Waals surface area contributed by atoms with Crippen LogP contribution in [0.2, 0.25) is 0 Å². The lowest BCUT2D eigenvalue weighted by atomic mass is 10.3. The highest BCUT2D eigenvalue weighted by atomic mass is 32.2. The van der Waals surface area contributed by atoms with Crippen LogP contribution in [-0.2, 0) is 10.0 Å². The van der Waals surface area contributed by atoms with Gasteiger partial charge in [0, 0.05) is 6.07 Å². The van der Waals surface area contributed by atoms with Crippen LogP contribution in [0.5, 0.6) is 11.5 Å². The number of ether oxygens (including phenoxy) is 2. The molecule has 9 heteroatoms. The maximum Gasteiger partial charge on any atom is 0.402 e. The number of nitrogens with one attached hydrogen (secondary N) is 1. The van der Waals surface area contributed by atoms with Gasteiger partial charge < -0.3 is 9.47 Å². The molecule has 0 atom stereocenters. The van der Waals surface area contributed by atoms with Crippen LogP contribution in [-0.4, -0.2) is 35.4 Å². The molecule has 1 aromatic carbocycles. The molecule has 0 fully saturated rings. The van der Waals surface area contributed by atoms with Crippen LogP contribution in [0.4, 0.5) is 13.2 Å². The third-order valence-corrected chi connectivity index (χ3v) is 3.53. The van der Waals surface area contributed by atoms with Gasteiger partial charge in [-0.1, -0.05) is 0 Å². The molecule has 0 aliphatic rings. The number of sulfonamides is 1. The minimum atomic E-state index is -4.62. The number of halogens is 3. The van der Waals surface area contributed by atoms with Gasteiger partial charge in [-0.15, -0.1) is 0 Å². The van der Waals surface area contributed by atoms with Crippen molar-refractivity contribution in [1.29, 1.82) is 0 Å².